The second kappa shape index (κ2) is 9.49. The van der Waals surface area contributed by atoms with Crippen LogP contribution in [0.25, 0.3) is 11.4 Å². The smallest absolute Gasteiger partial charge is 0.416 e. The van der Waals surface area contributed by atoms with Crippen molar-refractivity contribution < 1.29 is 23.1 Å². The lowest BCUT2D eigenvalue weighted by Crippen LogP contribution is -2.16. The Morgan fingerprint density at radius 3 is 2.68 bits per heavy atom. The zero-order valence-corrected chi connectivity index (χ0v) is 19.0. The number of anilines is 1. The average Bonchev–Trinajstić information content (AvgIpc) is 3.11. The van der Waals surface area contributed by atoms with Gasteiger partial charge in [-0.15, -0.1) is 10.2 Å². The van der Waals surface area contributed by atoms with Crippen molar-refractivity contribution in [3.63, 3.8) is 0 Å². The van der Waals surface area contributed by atoms with Crippen LogP contribution in [0, 0.1) is 0 Å². The topological polar surface area (TPSA) is 80.0 Å². The Morgan fingerprint density at radius 2 is 2.00 bits per heavy atom. The molecule has 0 aliphatic rings. The highest BCUT2D eigenvalue weighted by atomic mass is 79.9. The molecular formula is C19H15BrClF3N4O2S. The maximum Gasteiger partial charge on any atom is 0.416 e. The molecule has 1 heterocycles. The van der Waals surface area contributed by atoms with E-state index in [0.29, 0.717) is 23.1 Å². The molecule has 3 rings (SSSR count). The number of phenols is 1. The molecule has 2 aromatic carbocycles. The molecule has 0 spiro atoms. The van der Waals surface area contributed by atoms with Gasteiger partial charge >= 0.3 is 6.18 Å². The molecule has 0 saturated heterocycles. The van der Waals surface area contributed by atoms with E-state index in [1.807, 2.05) is 6.92 Å². The van der Waals surface area contributed by atoms with E-state index >= 15 is 0 Å². The number of halogens is 5. The van der Waals surface area contributed by atoms with Crippen LogP contribution in [-0.2, 0) is 17.5 Å². The van der Waals surface area contributed by atoms with E-state index < -0.39 is 17.6 Å². The minimum atomic E-state index is -4.55. The Hall–Kier alpha value is -2.24. The molecule has 0 radical (unpaired) electrons. The number of phenolic OH excluding ortho intramolecular Hbond substituents is 1. The van der Waals surface area contributed by atoms with Crippen molar-refractivity contribution >= 4 is 50.9 Å². The Labute approximate surface area is 192 Å². The molecule has 164 valence electrons. The van der Waals surface area contributed by atoms with Gasteiger partial charge in [-0.25, -0.2) is 0 Å². The fourth-order valence-corrected chi connectivity index (χ4v) is 4.01. The van der Waals surface area contributed by atoms with Crippen LogP contribution in [0.4, 0.5) is 18.9 Å². The molecular weight excluding hydrogens is 521 g/mol. The van der Waals surface area contributed by atoms with Crippen LogP contribution in [0.2, 0.25) is 5.02 Å². The highest BCUT2D eigenvalue weighted by Gasteiger charge is 2.31. The predicted octanol–water partition coefficient (Wildman–Crippen LogP) is 5.84. The summed E-state index contributed by atoms with van der Waals surface area (Å²) < 4.78 is 41.1. The molecule has 0 atom stereocenters. The number of hydrogen-bond donors (Lipinski definition) is 2. The molecule has 0 aliphatic carbocycles. The summed E-state index contributed by atoms with van der Waals surface area (Å²) in [5, 5.41) is 21.1. The van der Waals surface area contributed by atoms with Gasteiger partial charge < -0.3 is 15.0 Å². The molecule has 0 bridgehead atoms. The lowest BCUT2D eigenvalue weighted by molar-refractivity contribution is -0.137. The number of rotatable bonds is 6. The van der Waals surface area contributed by atoms with E-state index in [2.05, 4.69) is 31.4 Å². The number of aromatic hydroxyl groups is 1. The number of carbonyl (C=O) groups is 1. The van der Waals surface area contributed by atoms with Crippen molar-refractivity contribution in [2.75, 3.05) is 11.1 Å². The van der Waals surface area contributed by atoms with Crippen LogP contribution < -0.4 is 5.32 Å². The highest BCUT2D eigenvalue weighted by molar-refractivity contribution is 9.10. The lowest BCUT2D eigenvalue weighted by Gasteiger charge is -2.12. The van der Waals surface area contributed by atoms with Crippen LogP contribution in [0.1, 0.15) is 12.5 Å². The van der Waals surface area contributed by atoms with Gasteiger partial charge in [0.05, 0.1) is 27.6 Å². The minimum absolute atomic E-state index is 0.00418. The summed E-state index contributed by atoms with van der Waals surface area (Å²) >= 11 is 10.3. The van der Waals surface area contributed by atoms with Gasteiger partial charge in [0.2, 0.25) is 5.91 Å². The Balaban J connectivity index is 1.74. The molecule has 0 unspecified atom stereocenters. The van der Waals surface area contributed by atoms with E-state index in [4.69, 9.17) is 11.6 Å². The van der Waals surface area contributed by atoms with E-state index in [1.54, 1.807) is 16.7 Å². The number of amides is 1. The Kier molecular flexibility index (Phi) is 7.17. The molecule has 2 N–H and O–H groups in total. The van der Waals surface area contributed by atoms with E-state index in [-0.39, 0.29) is 22.2 Å². The Morgan fingerprint density at radius 1 is 1.26 bits per heavy atom. The van der Waals surface area contributed by atoms with Crippen molar-refractivity contribution in [3.8, 4) is 17.1 Å². The van der Waals surface area contributed by atoms with Crippen molar-refractivity contribution in [3.05, 3.63) is 51.5 Å². The van der Waals surface area contributed by atoms with Gasteiger partial charge in [0.1, 0.15) is 5.75 Å². The first-order chi connectivity index (χ1) is 14.6. The fourth-order valence-electron chi connectivity index (χ4n) is 2.68. The van der Waals surface area contributed by atoms with Crippen LogP contribution in [0.3, 0.4) is 0 Å². The number of aromatic nitrogens is 3. The van der Waals surface area contributed by atoms with Crippen LogP contribution in [-0.4, -0.2) is 31.5 Å². The summed E-state index contributed by atoms with van der Waals surface area (Å²) in [5.41, 5.74) is -0.571. The van der Waals surface area contributed by atoms with E-state index in [1.165, 1.54) is 6.07 Å². The number of carbonyl (C=O) groups excluding carboxylic acids is 1. The second-order valence-corrected chi connectivity index (χ2v) is 8.51. The monoisotopic (exact) mass is 534 g/mol. The van der Waals surface area contributed by atoms with Gasteiger partial charge in [0.25, 0.3) is 0 Å². The molecule has 0 aliphatic heterocycles. The summed E-state index contributed by atoms with van der Waals surface area (Å²) in [5.74, 6) is -0.234. The summed E-state index contributed by atoms with van der Waals surface area (Å²) in [6, 6.07) is 7.61. The number of hydrogen-bond acceptors (Lipinski definition) is 5. The van der Waals surface area contributed by atoms with Crippen LogP contribution >= 0.6 is 39.3 Å². The second-order valence-electron chi connectivity index (χ2n) is 6.24. The number of benzene rings is 2. The third-order valence-electron chi connectivity index (χ3n) is 4.13. The molecule has 31 heavy (non-hydrogen) atoms. The standard InChI is InChI=1S/C19H15BrClF3N4O2S/c1-2-28-17(12-8-11(20)4-6-15(12)29)26-27-18(28)31-9-16(30)25-14-7-10(19(22,23)24)3-5-13(14)21/h3-8,29H,2,9H2,1H3,(H,25,30). The third kappa shape index (κ3) is 5.52. The average molecular weight is 536 g/mol. The molecule has 1 aromatic heterocycles. The summed E-state index contributed by atoms with van der Waals surface area (Å²) in [6.45, 7) is 2.33. The summed E-state index contributed by atoms with van der Waals surface area (Å²) in [4.78, 5) is 12.3. The number of nitrogens with one attached hydrogen (secondary N) is 1. The van der Waals surface area contributed by atoms with Gasteiger partial charge in [0, 0.05) is 11.0 Å². The van der Waals surface area contributed by atoms with Gasteiger partial charge in [-0.05, 0) is 43.3 Å². The number of alkyl halides is 3. The summed E-state index contributed by atoms with van der Waals surface area (Å²) in [7, 11) is 0. The number of nitrogens with zero attached hydrogens (tertiary/aromatic N) is 3. The van der Waals surface area contributed by atoms with Crippen LogP contribution in [0.15, 0.2) is 46.0 Å². The lowest BCUT2D eigenvalue weighted by atomic mass is 10.2. The highest BCUT2D eigenvalue weighted by Crippen LogP contribution is 2.35. The van der Waals surface area contributed by atoms with Gasteiger partial charge in [-0.3, -0.25) is 4.79 Å². The van der Waals surface area contributed by atoms with Crippen molar-refractivity contribution in [2.24, 2.45) is 0 Å². The maximum absolute atomic E-state index is 12.9. The molecule has 0 fully saturated rings. The third-order valence-corrected chi connectivity index (χ3v) is 5.92. The van der Waals surface area contributed by atoms with E-state index in [0.717, 1.165) is 34.4 Å². The molecule has 0 saturated carbocycles. The van der Waals surface area contributed by atoms with Crippen molar-refractivity contribution in [2.45, 2.75) is 24.8 Å². The number of thioether (sulfide) groups is 1. The van der Waals surface area contributed by atoms with E-state index in [9.17, 15) is 23.1 Å². The zero-order valence-electron chi connectivity index (χ0n) is 15.9. The summed E-state index contributed by atoms with van der Waals surface area (Å²) in [6.07, 6.45) is -4.55. The zero-order chi connectivity index (χ0) is 22.8. The molecule has 12 heteroatoms. The first-order valence-corrected chi connectivity index (χ1v) is 11.0. The van der Waals surface area contributed by atoms with Gasteiger partial charge in [-0.1, -0.05) is 39.3 Å². The first-order valence-electron chi connectivity index (χ1n) is 8.81. The first kappa shape index (κ1) is 23.4. The minimum Gasteiger partial charge on any atom is -0.507 e. The van der Waals surface area contributed by atoms with Gasteiger partial charge in [-0.2, -0.15) is 13.2 Å². The Bertz CT molecular complexity index is 1120. The SMILES string of the molecule is CCn1c(SCC(=O)Nc2cc(C(F)(F)F)ccc2Cl)nnc1-c1cc(Br)ccc1O. The van der Waals surface area contributed by atoms with Crippen LogP contribution in [0.5, 0.6) is 5.75 Å². The predicted molar refractivity (Wildman–Crippen MR) is 116 cm³/mol. The van der Waals surface area contributed by atoms with Crippen molar-refractivity contribution in [1.29, 1.82) is 0 Å². The molecule has 3 aromatic rings. The quantitative estimate of drug-likeness (QED) is 0.388. The largest absolute Gasteiger partial charge is 0.507 e. The maximum atomic E-state index is 12.9. The van der Waals surface area contributed by atoms with Crippen molar-refractivity contribution in [1.82, 2.24) is 14.8 Å². The fraction of sp³-hybridized carbons (Fsp3) is 0.211. The molecule has 6 nitrogen and oxygen atoms in total. The normalized spacial score (nSPS) is 11.5. The molecule has 1 amide bonds. The van der Waals surface area contributed by atoms with Gasteiger partial charge in [0.15, 0.2) is 11.0 Å².